The summed E-state index contributed by atoms with van der Waals surface area (Å²) < 4.78 is 26.2. The van der Waals surface area contributed by atoms with E-state index < -0.39 is 10.0 Å². The van der Waals surface area contributed by atoms with Gasteiger partial charge in [-0.05, 0) is 54.1 Å². The molecule has 1 N–H and O–H groups in total. The second-order valence-corrected chi connectivity index (χ2v) is 6.22. The van der Waals surface area contributed by atoms with Gasteiger partial charge < -0.3 is 0 Å². The number of anilines is 1. The molecule has 0 radical (unpaired) electrons. The molecule has 0 atom stereocenters. The van der Waals surface area contributed by atoms with Crippen LogP contribution in [-0.4, -0.2) is 14.2 Å². The number of hydrogen-bond acceptors (Lipinski definition) is 2. The summed E-state index contributed by atoms with van der Waals surface area (Å²) in [6, 6.07) is 5.66. The third-order valence-corrected chi connectivity index (χ3v) is 3.81. The van der Waals surface area contributed by atoms with Crippen LogP contribution in [0.4, 0.5) is 5.69 Å². The van der Waals surface area contributed by atoms with Crippen LogP contribution in [0.3, 0.4) is 0 Å². The Bertz CT molecular complexity index is 428. The monoisotopic (exact) mass is 325 g/mol. The smallest absolute Gasteiger partial charge is 0.232 e. The molecule has 1 aromatic carbocycles. The van der Waals surface area contributed by atoms with E-state index in [0.29, 0.717) is 5.69 Å². The lowest BCUT2D eigenvalue weighted by atomic mass is 10.2. The fourth-order valence-corrected chi connectivity index (χ4v) is 2.13. The maximum absolute atomic E-state index is 11.3. The molecule has 0 heterocycles. The van der Waals surface area contributed by atoms with Gasteiger partial charge in [-0.1, -0.05) is 6.07 Å². The lowest BCUT2D eigenvalue weighted by molar-refractivity contribution is 0.602. The summed E-state index contributed by atoms with van der Waals surface area (Å²) in [7, 11) is -3.17. The summed E-state index contributed by atoms with van der Waals surface area (Å²) in [5.74, 6) is 0.0952. The fraction of sp³-hybridized carbons (Fsp3) is 0.333. The quantitative estimate of drug-likeness (QED) is 0.867. The van der Waals surface area contributed by atoms with Crippen molar-refractivity contribution in [2.45, 2.75) is 13.8 Å². The van der Waals surface area contributed by atoms with Gasteiger partial charge in [-0.3, -0.25) is 4.72 Å². The van der Waals surface area contributed by atoms with Crippen LogP contribution in [0.2, 0.25) is 0 Å². The average molecular weight is 325 g/mol. The van der Waals surface area contributed by atoms with Gasteiger partial charge in [0.1, 0.15) is 0 Å². The molecule has 14 heavy (non-hydrogen) atoms. The highest BCUT2D eigenvalue weighted by Crippen LogP contribution is 2.19. The molecule has 0 aliphatic carbocycles. The maximum Gasteiger partial charge on any atom is 0.232 e. The van der Waals surface area contributed by atoms with Crippen LogP contribution >= 0.6 is 22.6 Å². The minimum Gasteiger partial charge on any atom is -0.283 e. The van der Waals surface area contributed by atoms with E-state index in [9.17, 15) is 8.42 Å². The minimum atomic E-state index is -3.17. The van der Waals surface area contributed by atoms with E-state index in [1.807, 2.05) is 25.1 Å². The predicted octanol–water partition coefficient (Wildman–Crippen LogP) is 2.36. The summed E-state index contributed by atoms with van der Waals surface area (Å²) in [5.41, 5.74) is 1.60. The number of sulfonamides is 1. The van der Waals surface area contributed by atoms with Gasteiger partial charge in [0.05, 0.1) is 11.4 Å². The van der Waals surface area contributed by atoms with Crippen LogP contribution in [0.5, 0.6) is 0 Å². The van der Waals surface area contributed by atoms with E-state index in [-0.39, 0.29) is 5.75 Å². The van der Waals surface area contributed by atoms with Crippen molar-refractivity contribution in [3.8, 4) is 0 Å². The molecule has 0 aliphatic heterocycles. The Labute approximate surface area is 98.1 Å². The molecular weight excluding hydrogens is 313 g/mol. The second-order valence-electron chi connectivity index (χ2n) is 2.96. The largest absolute Gasteiger partial charge is 0.283 e. The molecule has 0 spiro atoms. The van der Waals surface area contributed by atoms with Gasteiger partial charge in [-0.15, -0.1) is 0 Å². The van der Waals surface area contributed by atoms with Crippen molar-refractivity contribution in [2.24, 2.45) is 0 Å². The first-order chi connectivity index (χ1) is 6.44. The van der Waals surface area contributed by atoms with Gasteiger partial charge in [0.15, 0.2) is 0 Å². The van der Waals surface area contributed by atoms with Gasteiger partial charge in [-0.25, -0.2) is 8.42 Å². The van der Waals surface area contributed by atoms with Crippen molar-refractivity contribution >= 4 is 38.3 Å². The van der Waals surface area contributed by atoms with E-state index in [0.717, 1.165) is 9.13 Å². The summed E-state index contributed by atoms with van der Waals surface area (Å²) in [5, 5.41) is 0. The van der Waals surface area contributed by atoms with Crippen LogP contribution in [0.15, 0.2) is 18.2 Å². The molecule has 0 aliphatic rings. The first kappa shape index (κ1) is 11.8. The van der Waals surface area contributed by atoms with Crippen molar-refractivity contribution in [1.29, 1.82) is 0 Å². The van der Waals surface area contributed by atoms with Gasteiger partial charge in [-0.2, -0.15) is 0 Å². The molecule has 3 nitrogen and oxygen atoms in total. The molecular formula is C9H12INO2S. The average Bonchev–Trinajstić information content (AvgIpc) is 2.11. The van der Waals surface area contributed by atoms with Crippen LogP contribution in [0, 0.1) is 10.5 Å². The molecule has 0 fully saturated rings. The predicted molar refractivity (Wildman–Crippen MR) is 67.0 cm³/mol. The van der Waals surface area contributed by atoms with Crippen molar-refractivity contribution in [3.63, 3.8) is 0 Å². The zero-order chi connectivity index (χ0) is 10.8. The Morgan fingerprint density at radius 1 is 1.43 bits per heavy atom. The summed E-state index contributed by atoms with van der Waals surface area (Å²) >= 11 is 2.15. The van der Waals surface area contributed by atoms with Crippen molar-refractivity contribution < 1.29 is 8.42 Å². The Morgan fingerprint density at radius 2 is 2.07 bits per heavy atom. The zero-order valence-corrected chi connectivity index (χ0v) is 11.0. The lowest BCUT2D eigenvalue weighted by Crippen LogP contribution is -2.15. The van der Waals surface area contributed by atoms with E-state index in [1.165, 1.54) is 0 Å². The summed E-state index contributed by atoms with van der Waals surface area (Å²) in [6.45, 7) is 3.50. The molecule has 0 unspecified atom stereocenters. The third-order valence-electron chi connectivity index (χ3n) is 1.85. The Hall–Kier alpha value is -0.300. The third kappa shape index (κ3) is 3.13. The number of halogens is 1. The molecule has 0 amide bonds. The minimum absolute atomic E-state index is 0.0952. The number of benzene rings is 1. The van der Waals surface area contributed by atoms with Crippen LogP contribution < -0.4 is 4.72 Å². The highest BCUT2D eigenvalue weighted by Gasteiger charge is 2.08. The number of nitrogens with one attached hydrogen (secondary N) is 1. The van der Waals surface area contributed by atoms with Crippen molar-refractivity contribution in [2.75, 3.05) is 10.5 Å². The highest BCUT2D eigenvalue weighted by molar-refractivity contribution is 14.1. The molecule has 78 valence electrons. The zero-order valence-electron chi connectivity index (χ0n) is 8.04. The second kappa shape index (κ2) is 4.48. The first-order valence-electron chi connectivity index (χ1n) is 4.21. The van der Waals surface area contributed by atoms with Crippen LogP contribution in [0.1, 0.15) is 12.5 Å². The fourth-order valence-electron chi connectivity index (χ4n) is 0.944. The van der Waals surface area contributed by atoms with Gasteiger partial charge in [0.2, 0.25) is 10.0 Å². The van der Waals surface area contributed by atoms with Gasteiger partial charge >= 0.3 is 0 Å². The van der Waals surface area contributed by atoms with Crippen molar-refractivity contribution in [1.82, 2.24) is 0 Å². The molecule has 5 heteroatoms. The number of hydrogen-bond donors (Lipinski definition) is 1. The summed E-state index contributed by atoms with van der Waals surface area (Å²) in [6.07, 6.45) is 0. The van der Waals surface area contributed by atoms with E-state index in [1.54, 1.807) is 6.92 Å². The maximum atomic E-state index is 11.3. The van der Waals surface area contributed by atoms with Gasteiger partial charge in [0.25, 0.3) is 0 Å². The number of aryl methyl sites for hydroxylation is 1. The number of rotatable bonds is 3. The Kier molecular flexibility index (Phi) is 3.77. The molecule has 0 aromatic heterocycles. The standard InChI is InChI=1S/C9H12INO2S/c1-3-14(12,13)11-9-6-8(10)5-4-7(9)2/h4-6,11H,3H2,1-2H3. The molecule has 1 aromatic rings. The molecule has 1 rings (SSSR count). The Morgan fingerprint density at radius 3 is 2.64 bits per heavy atom. The summed E-state index contributed by atoms with van der Waals surface area (Å²) in [4.78, 5) is 0. The van der Waals surface area contributed by atoms with E-state index in [2.05, 4.69) is 27.3 Å². The lowest BCUT2D eigenvalue weighted by Gasteiger charge is -2.09. The molecule has 0 saturated heterocycles. The normalized spacial score (nSPS) is 11.4. The van der Waals surface area contributed by atoms with Crippen molar-refractivity contribution in [3.05, 3.63) is 27.3 Å². The van der Waals surface area contributed by atoms with E-state index in [4.69, 9.17) is 0 Å². The SMILES string of the molecule is CCS(=O)(=O)Nc1cc(I)ccc1C. The highest BCUT2D eigenvalue weighted by atomic mass is 127. The van der Waals surface area contributed by atoms with Crippen LogP contribution in [-0.2, 0) is 10.0 Å². The Balaban J connectivity index is 3.03. The topological polar surface area (TPSA) is 46.2 Å². The first-order valence-corrected chi connectivity index (χ1v) is 6.94. The van der Waals surface area contributed by atoms with Crippen LogP contribution in [0.25, 0.3) is 0 Å². The van der Waals surface area contributed by atoms with Gasteiger partial charge in [0, 0.05) is 3.57 Å². The molecule has 0 saturated carbocycles. The van der Waals surface area contributed by atoms with E-state index >= 15 is 0 Å². The molecule has 0 bridgehead atoms.